The van der Waals surface area contributed by atoms with E-state index in [1.54, 1.807) is 11.3 Å². The number of unbranched alkanes of at least 4 members (excludes halogenated alkanes) is 1. The van der Waals surface area contributed by atoms with Crippen molar-refractivity contribution < 1.29 is 4.74 Å². The van der Waals surface area contributed by atoms with Crippen LogP contribution < -0.4 is 4.74 Å². The van der Waals surface area contributed by atoms with Crippen molar-refractivity contribution in [2.24, 2.45) is 0 Å². The van der Waals surface area contributed by atoms with Crippen LogP contribution in [0.15, 0.2) is 29.8 Å². The Morgan fingerprint density at radius 1 is 1.30 bits per heavy atom. The van der Waals surface area contributed by atoms with Crippen LogP contribution in [0.2, 0.25) is 0 Å². The average Bonchev–Trinajstić information content (AvgIpc) is 3.22. The summed E-state index contributed by atoms with van der Waals surface area (Å²) in [4.78, 5) is 8.50. The molecule has 0 amide bonds. The molecule has 1 fully saturated rings. The average molecular weight is 329 g/mol. The molecule has 1 saturated heterocycles. The third-order valence-electron chi connectivity index (χ3n) is 4.67. The van der Waals surface area contributed by atoms with Crippen LogP contribution in [-0.2, 0) is 0 Å². The number of hydrogen-bond acceptors (Lipinski definition) is 4. The molecule has 0 spiro atoms. The topological polar surface area (TPSA) is 29.8 Å². The number of piperidine rings is 1. The Morgan fingerprint density at radius 3 is 3.00 bits per heavy atom. The number of nitrogens with zero attached hydrogens (tertiary/aromatic N) is 3. The van der Waals surface area contributed by atoms with Gasteiger partial charge in [-0.25, -0.2) is 4.98 Å². The number of rotatable bonds is 5. The summed E-state index contributed by atoms with van der Waals surface area (Å²) >= 11 is 1.72. The van der Waals surface area contributed by atoms with E-state index >= 15 is 0 Å². The first-order valence-corrected chi connectivity index (χ1v) is 9.46. The highest BCUT2D eigenvalue weighted by molar-refractivity contribution is 7.16. The highest BCUT2D eigenvalue weighted by Crippen LogP contribution is 2.29. The van der Waals surface area contributed by atoms with Gasteiger partial charge in [0.05, 0.1) is 0 Å². The van der Waals surface area contributed by atoms with E-state index in [1.807, 2.05) is 0 Å². The maximum absolute atomic E-state index is 6.30. The molecule has 3 aromatic heterocycles. The van der Waals surface area contributed by atoms with Crippen molar-refractivity contribution in [2.45, 2.75) is 38.7 Å². The van der Waals surface area contributed by atoms with Crippen molar-refractivity contribution in [1.82, 2.24) is 14.3 Å². The van der Waals surface area contributed by atoms with Gasteiger partial charge in [-0.05, 0) is 49.4 Å². The van der Waals surface area contributed by atoms with E-state index in [1.165, 1.54) is 24.2 Å². The van der Waals surface area contributed by atoms with E-state index < -0.39 is 0 Å². The lowest BCUT2D eigenvalue weighted by Crippen LogP contribution is -2.38. The monoisotopic (exact) mass is 329 g/mol. The third-order valence-corrected chi connectivity index (χ3v) is 5.58. The second-order valence-corrected chi connectivity index (χ2v) is 7.20. The number of thiophene rings is 1. The van der Waals surface area contributed by atoms with Crippen LogP contribution >= 0.6 is 11.3 Å². The molecule has 122 valence electrons. The molecule has 4 nitrogen and oxygen atoms in total. The van der Waals surface area contributed by atoms with Gasteiger partial charge in [0.15, 0.2) is 0 Å². The molecule has 5 heteroatoms. The maximum atomic E-state index is 6.30. The lowest BCUT2D eigenvalue weighted by Gasteiger charge is -2.31. The first kappa shape index (κ1) is 15.0. The maximum Gasteiger partial charge on any atom is 0.239 e. The van der Waals surface area contributed by atoms with Gasteiger partial charge in [-0.1, -0.05) is 13.3 Å². The first-order valence-electron chi connectivity index (χ1n) is 8.58. The number of aromatic nitrogens is 2. The van der Waals surface area contributed by atoms with Gasteiger partial charge < -0.3 is 14.0 Å². The fourth-order valence-electron chi connectivity index (χ4n) is 3.34. The quantitative estimate of drug-likeness (QED) is 0.703. The van der Waals surface area contributed by atoms with Crippen molar-refractivity contribution in [3.63, 3.8) is 0 Å². The van der Waals surface area contributed by atoms with E-state index in [9.17, 15) is 0 Å². The van der Waals surface area contributed by atoms with E-state index in [-0.39, 0.29) is 6.10 Å². The fraction of sp³-hybridized carbons (Fsp3) is 0.500. The van der Waals surface area contributed by atoms with Crippen molar-refractivity contribution >= 4 is 27.2 Å². The van der Waals surface area contributed by atoms with Crippen molar-refractivity contribution in [2.75, 3.05) is 19.6 Å². The van der Waals surface area contributed by atoms with Gasteiger partial charge in [-0.15, -0.1) is 11.3 Å². The highest BCUT2D eigenvalue weighted by Gasteiger charge is 2.22. The van der Waals surface area contributed by atoms with Crippen molar-refractivity contribution in [3.8, 4) is 5.88 Å². The molecule has 1 aliphatic rings. The van der Waals surface area contributed by atoms with E-state index in [0.29, 0.717) is 0 Å². The number of likely N-dealkylation sites (tertiary alicyclic amines) is 1. The predicted molar refractivity (Wildman–Crippen MR) is 95.6 cm³/mol. The molecule has 0 aromatic carbocycles. The second kappa shape index (κ2) is 6.49. The summed E-state index contributed by atoms with van der Waals surface area (Å²) in [5.41, 5.74) is 2.10. The fourth-order valence-corrected chi connectivity index (χ4v) is 4.17. The molecule has 0 unspecified atom stereocenters. The van der Waals surface area contributed by atoms with Crippen LogP contribution in [0.5, 0.6) is 5.88 Å². The molecule has 0 atom stereocenters. The van der Waals surface area contributed by atoms with Crippen LogP contribution in [0.3, 0.4) is 0 Å². The van der Waals surface area contributed by atoms with Crippen LogP contribution in [0.25, 0.3) is 15.9 Å². The zero-order chi connectivity index (χ0) is 15.6. The molecule has 0 saturated carbocycles. The molecule has 0 aliphatic carbocycles. The minimum absolute atomic E-state index is 0.287. The van der Waals surface area contributed by atoms with Crippen LogP contribution in [0.4, 0.5) is 0 Å². The predicted octanol–water partition coefficient (Wildman–Crippen LogP) is 4.19. The third kappa shape index (κ3) is 2.95. The Bertz CT molecular complexity index is 786. The van der Waals surface area contributed by atoms with Gasteiger partial charge in [0.25, 0.3) is 0 Å². The summed E-state index contributed by atoms with van der Waals surface area (Å²) in [5, 5.41) is 2.09. The van der Waals surface area contributed by atoms with Gasteiger partial charge in [-0.3, -0.25) is 0 Å². The summed E-state index contributed by atoms with van der Waals surface area (Å²) in [7, 11) is 0. The summed E-state index contributed by atoms with van der Waals surface area (Å²) in [6.45, 7) is 5.77. The normalized spacial score (nSPS) is 17.3. The molecule has 0 N–H and O–H groups in total. The van der Waals surface area contributed by atoms with E-state index in [4.69, 9.17) is 9.72 Å². The molecule has 0 radical (unpaired) electrons. The van der Waals surface area contributed by atoms with Crippen molar-refractivity contribution in [1.29, 1.82) is 0 Å². The Kier molecular flexibility index (Phi) is 4.23. The zero-order valence-electron chi connectivity index (χ0n) is 13.6. The summed E-state index contributed by atoms with van der Waals surface area (Å²) in [6, 6.07) is 6.23. The molecular weight excluding hydrogens is 306 g/mol. The van der Waals surface area contributed by atoms with Gasteiger partial charge in [0.2, 0.25) is 5.88 Å². The molecule has 3 aromatic rings. The lowest BCUT2D eigenvalue weighted by atomic mass is 10.1. The van der Waals surface area contributed by atoms with E-state index in [2.05, 4.69) is 46.0 Å². The molecule has 4 heterocycles. The highest BCUT2D eigenvalue weighted by atomic mass is 32.1. The van der Waals surface area contributed by atoms with Crippen LogP contribution in [0.1, 0.15) is 32.6 Å². The van der Waals surface area contributed by atoms with Gasteiger partial charge in [-0.2, -0.15) is 0 Å². The SMILES string of the molecule is CCCCN1CCC(Oc2nc3ccsc3n3cccc23)CC1. The first-order chi connectivity index (χ1) is 11.3. The Balaban J connectivity index is 1.50. The molecule has 1 aliphatic heterocycles. The standard InChI is InChI=1S/C18H23N3OS/c1-2-3-9-20-11-6-14(7-12-20)22-17-16-5-4-10-21(16)18-15(19-17)8-13-23-18/h4-5,8,10,13-14H,2-3,6-7,9,11-12H2,1H3. The minimum atomic E-state index is 0.287. The van der Waals surface area contributed by atoms with Crippen LogP contribution in [0, 0.1) is 0 Å². The molecule has 23 heavy (non-hydrogen) atoms. The van der Waals surface area contributed by atoms with E-state index in [0.717, 1.165) is 42.8 Å². The summed E-state index contributed by atoms with van der Waals surface area (Å²) in [5.74, 6) is 0.785. The number of hydrogen-bond donors (Lipinski definition) is 0. The Hall–Kier alpha value is -1.59. The number of fused-ring (bicyclic) bond motifs is 3. The molecule has 4 rings (SSSR count). The minimum Gasteiger partial charge on any atom is -0.473 e. The van der Waals surface area contributed by atoms with Crippen molar-refractivity contribution in [3.05, 3.63) is 29.8 Å². The molecule has 0 bridgehead atoms. The van der Waals surface area contributed by atoms with Gasteiger partial charge >= 0.3 is 0 Å². The largest absolute Gasteiger partial charge is 0.473 e. The van der Waals surface area contributed by atoms with Crippen LogP contribution in [-0.4, -0.2) is 40.0 Å². The lowest BCUT2D eigenvalue weighted by molar-refractivity contribution is 0.0975. The smallest absolute Gasteiger partial charge is 0.239 e. The zero-order valence-corrected chi connectivity index (χ0v) is 14.4. The Labute approximate surface area is 140 Å². The second-order valence-electron chi connectivity index (χ2n) is 6.30. The summed E-state index contributed by atoms with van der Waals surface area (Å²) < 4.78 is 8.50. The Morgan fingerprint density at radius 2 is 2.17 bits per heavy atom. The molecular formula is C18H23N3OS. The summed E-state index contributed by atoms with van der Waals surface area (Å²) in [6.07, 6.45) is 7.14. The number of ether oxygens (including phenoxy) is 1. The van der Waals surface area contributed by atoms with Gasteiger partial charge in [0.1, 0.15) is 22.0 Å². The van der Waals surface area contributed by atoms with Gasteiger partial charge in [0, 0.05) is 19.3 Å².